The van der Waals surface area contributed by atoms with Crippen molar-refractivity contribution in [2.75, 3.05) is 5.75 Å². The molecule has 2 aromatic heterocycles. The molecule has 0 bridgehead atoms. The number of carboxylic acids is 1. The van der Waals surface area contributed by atoms with Gasteiger partial charge < -0.3 is 9.67 Å². The van der Waals surface area contributed by atoms with Crippen molar-refractivity contribution < 1.29 is 9.90 Å². The maximum atomic E-state index is 10.5. The van der Waals surface area contributed by atoms with E-state index < -0.39 is 5.97 Å². The maximum Gasteiger partial charge on any atom is 0.309 e. The molecule has 0 saturated carbocycles. The van der Waals surface area contributed by atoms with Gasteiger partial charge in [-0.2, -0.15) is 0 Å². The van der Waals surface area contributed by atoms with Crippen molar-refractivity contribution in [3.63, 3.8) is 0 Å². The number of imidazole rings is 1. The SMILES string of the molecule is Cn1ccnc1CCSc1nc(CC(=O)O)cs1. The summed E-state index contributed by atoms with van der Waals surface area (Å²) in [5.41, 5.74) is 0.631. The largest absolute Gasteiger partial charge is 0.481 e. The zero-order valence-electron chi connectivity index (χ0n) is 9.87. The van der Waals surface area contributed by atoms with E-state index in [-0.39, 0.29) is 6.42 Å². The zero-order chi connectivity index (χ0) is 13.0. The van der Waals surface area contributed by atoms with Crippen LogP contribution in [-0.2, 0) is 24.7 Å². The smallest absolute Gasteiger partial charge is 0.309 e. The van der Waals surface area contributed by atoms with Crippen molar-refractivity contribution in [3.8, 4) is 0 Å². The van der Waals surface area contributed by atoms with Gasteiger partial charge in [-0.3, -0.25) is 4.79 Å². The molecule has 2 heterocycles. The van der Waals surface area contributed by atoms with E-state index in [4.69, 9.17) is 5.11 Å². The standard InChI is InChI=1S/C11H13N3O2S2/c1-14-4-3-12-9(14)2-5-17-11-13-8(7-18-11)6-10(15)16/h3-4,7H,2,5-6H2,1H3,(H,15,16). The second-order valence-corrected chi connectivity index (χ2v) is 5.93. The van der Waals surface area contributed by atoms with E-state index in [9.17, 15) is 4.79 Å². The topological polar surface area (TPSA) is 68.0 Å². The first-order valence-electron chi connectivity index (χ1n) is 5.40. The molecule has 0 fully saturated rings. The fourth-order valence-corrected chi connectivity index (χ4v) is 3.31. The van der Waals surface area contributed by atoms with Crippen molar-refractivity contribution in [2.24, 2.45) is 7.05 Å². The number of carbonyl (C=O) groups is 1. The molecule has 96 valence electrons. The number of hydrogen-bond donors (Lipinski definition) is 1. The highest BCUT2D eigenvalue weighted by atomic mass is 32.2. The summed E-state index contributed by atoms with van der Waals surface area (Å²) in [6, 6.07) is 0. The Labute approximate surface area is 113 Å². The average molecular weight is 283 g/mol. The fraction of sp³-hybridized carbons (Fsp3) is 0.364. The lowest BCUT2D eigenvalue weighted by Crippen LogP contribution is -2.00. The van der Waals surface area contributed by atoms with Gasteiger partial charge in [0.1, 0.15) is 10.2 Å². The third-order valence-corrected chi connectivity index (χ3v) is 4.41. The lowest BCUT2D eigenvalue weighted by molar-refractivity contribution is -0.136. The Balaban J connectivity index is 1.82. The molecule has 0 aliphatic rings. The number of nitrogens with zero attached hydrogens (tertiary/aromatic N) is 3. The van der Waals surface area contributed by atoms with Crippen molar-refractivity contribution in [3.05, 3.63) is 29.3 Å². The highest BCUT2D eigenvalue weighted by Crippen LogP contribution is 2.23. The molecule has 1 N–H and O–H groups in total. The molecule has 0 unspecified atom stereocenters. The molecule has 0 spiro atoms. The molecule has 0 aromatic carbocycles. The summed E-state index contributed by atoms with van der Waals surface area (Å²) in [7, 11) is 1.97. The zero-order valence-corrected chi connectivity index (χ0v) is 11.5. The quantitative estimate of drug-likeness (QED) is 0.819. The van der Waals surface area contributed by atoms with E-state index in [1.807, 2.05) is 17.8 Å². The van der Waals surface area contributed by atoms with Crippen molar-refractivity contribution in [1.82, 2.24) is 14.5 Å². The van der Waals surface area contributed by atoms with Crippen LogP contribution in [-0.4, -0.2) is 31.4 Å². The minimum atomic E-state index is -0.843. The number of aliphatic carboxylic acids is 1. The van der Waals surface area contributed by atoms with Crippen LogP contribution >= 0.6 is 23.1 Å². The Kier molecular flexibility index (Phi) is 4.38. The number of thiazole rings is 1. The van der Waals surface area contributed by atoms with Crippen LogP contribution in [0, 0.1) is 0 Å². The van der Waals surface area contributed by atoms with E-state index in [1.165, 1.54) is 11.3 Å². The first-order chi connectivity index (χ1) is 8.65. The molecule has 0 amide bonds. The predicted molar refractivity (Wildman–Crippen MR) is 71.1 cm³/mol. The Hall–Kier alpha value is -1.34. The molecule has 0 aliphatic heterocycles. The first kappa shape index (κ1) is 13.1. The third kappa shape index (κ3) is 3.58. The normalized spacial score (nSPS) is 10.7. The van der Waals surface area contributed by atoms with Crippen LogP contribution in [0.2, 0.25) is 0 Å². The summed E-state index contributed by atoms with van der Waals surface area (Å²) in [6.07, 6.45) is 4.58. The molecular weight excluding hydrogens is 270 g/mol. The van der Waals surface area contributed by atoms with E-state index in [1.54, 1.807) is 23.3 Å². The maximum absolute atomic E-state index is 10.5. The highest BCUT2D eigenvalue weighted by Gasteiger charge is 2.07. The van der Waals surface area contributed by atoms with Gasteiger partial charge in [0, 0.05) is 37.0 Å². The number of hydrogen-bond acceptors (Lipinski definition) is 5. The van der Waals surface area contributed by atoms with E-state index in [0.29, 0.717) is 5.69 Å². The molecule has 0 radical (unpaired) electrons. The molecule has 7 heteroatoms. The van der Waals surface area contributed by atoms with Crippen molar-refractivity contribution in [2.45, 2.75) is 17.2 Å². The first-order valence-corrected chi connectivity index (χ1v) is 7.27. The molecular formula is C11H13N3O2S2. The van der Waals surface area contributed by atoms with Crippen LogP contribution in [0.1, 0.15) is 11.5 Å². The minimum Gasteiger partial charge on any atom is -0.481 e. The monoisotopic (exact) mass is 283 g/mol. The predicted octanol–water partition coefficient (Wildman–Crippen LogP) is 1.84. The number of aryl methyl sites for hydroxylation is 2. The molecule has 18 heavy (non-hydrogen) atoms. The Morgan fingerprint density at radius 2 is 2.44 bits per heavy atom. The molecule has 2 aromatic rings. The Morgan fingerprint density at radius 1 is 1.61 bits per heavy atom. The lowest BCUT2D eigenvalue weighted by Gasteiger charge is -1.99. The molecule has 0 saturated heterocycles. The summed E-state index contributed by atoms with van der Waals surface area (Å²) < 4.78 is 2.92. The summed E-state index contributed by atoms with van der Waals surface area (Å²) in [4.78, 5) is 19.0. The van der Waals surface area contributed by atoms with Crippen LogP contribution in [0.15, 0.2) is 22.1 Å². The molecule has 0 aliphatic carbocycles. The molecule has 0 atom stereocenters. The molecule has 5 nitrogen and oxygen atoms in total. The number of rotatable bonds is 6. The van der Waals surface area contributed by atoms with Crippen molar-refractivity contribution >= 4 is 29.1 Å². The Bertz CT molecular complexity index is 536. The number of carboxylic acid groups (broad SMARTS) is 1. The molecule has 2 rings (SSSR count). The van der Waals surface area contributed by atoms with Crippen LogP contribution in [0.25, 0.3) is 0 Å². The van der Waals surface area contributed by atoms with Gasteiger partial charge in [0.2, 0.25) is 0 Å². The lowest BCUT2D eigenvalue weighted by atomic mass is 10.3. The summed E-state index contributed by atoms with van der Waals surface area (Å²) in [5.74, 6) is 1.10. The summed E-state index contributed by atoms with van der Waals surface area (Å²) in [5, 5.41) is 10.5. The van der Waals surface area contributed by atoms with Crippen LogP contribution in [0.4, 0.5) is 0 Å². The van der Waals surface area contributed by atoms with Gasteiger partial charge in [-0.1, -0.05) is 11.8 Å². The van der Waals surface area contributed by atoms with Gasteiger partial charge in [0.25, 0.3) is 0 Å². The Morgan fingerprint density at radius 3 is 3.11 bits per heavy atom. The summed E-state index contributed by atoms with van der Waals surface area (Å²) in [6.45, 7) is 0. The minimum absolute atomic E-state index is 0.00355. The fourth-order valence-electron chi connectivity index (χ4n) is 1.46. The van der Waals surface area contributed by atoms with Crippen LogP contribution in [0.5, 0.6) is 0 Å². The van der Waals surface area contributed by atoms with Crippen LogP contribution < -0.4 is 0 Å². The van der Waals surface area contributed by atoms with Gasteiger partial charge in [0.15, 0.2) is 0 Å². The van der Waals surface area contributed by atoms with E-state index >= 15 is 0 Å². The van der Waals surface area contributed by atoms with Gasteiger partial charge >= 0.3 is 5.97 Å². The third-order valence-electron chi connectivity index (χ3n) is 2.34. The van der Waals surface area contributed by atoms with Gasteiger partial charge in [-0.15, -0.1) is 11.3 Å². The highest BCUT2D eigenvalue weighted by molar-refractivity contribution is 8.01. The summed E-state index contributed by atoms with van der Waals surface area (Å²) >= 11 is 3.13. The van der Waals surface area contributed by atoms with Crippen molar-refractivity contribution in [1.29, 1.82) is 0 Å². The average Bonchev–Trinajstić information content (AvgIpc) is 2.89. The number of aromatic nitrogens is 3. The number of thioether (sulfide) groups is 1. The van der Waals surface area contributed by atoms with E-state index in [2.05, 4.69) is 9.97 Å². The van der Waals surface area contributed by atoms with E-state index in [0.717, 1.165) is 22.3 Å². The van der Waals surface area contributed by atoms with Gasteiger partial charge in [-0.25, -0.2) is 9.97 Å². The van der Waals surface area contributed by atoms with Gasteiger partial charge in [-0.05, 0) is 0 Å². The van der Waals surface area contributed by atoms with Crippen LogP contribution in [0.3, 0.4) is 0 Å². The second kappa shape index (κ2) is 6.01. The second-order valence-electron chi connectivity index (χ2n) is 3.73. The van der Waals surface area contributed by atoms with Gasteiger partial charge in [0.05, 0.1) is 12.1 Å².